The molecule has 2 bridgehead atoms. The van der Waals surface area contributed by atoms with E-state index in [0.29, 0.717) is 4.48 Å². The largest absolute Gasteiger partial charge is 0.435 e. The molecule has 2 unspecified atom stereocenters. The molecule has 3 aromatic rings. The lowest BCUT2D eigenvalue weighted by Crippen LogP contribution is -2.80. The Morgan fingerprint density at radius 2 is 2.04 bits per heavy atom. The highest BCUT2D eigenvalue weighted by atomic mass is 19.1. The summed E-state index contributed by atoms with van der Waals surface area (Å²) < 4.78 is 19.5. The van der Waals surface area contributed by atoms with Crippen molar-refractivity contribution in [3.05, 3.63) is 78.6 Å². The van der Waals surface area contributed by atoms with Gasteiger partial charge in [0, 0.05) is 37.0 Å². The van der Waals surface area contributed by atoms with Crippen molar-refractivity contribution < 1.29 is 13.4 Å². The normalized spacial score (nSPS) is 28.4. The van der Waals surface area contributed by atoms with Crippen molar-refractivity contribution >= 4 is 5.69 Å². The molecule has 2 aromatic heterocycles. The number of aryl methyl sites for hydroxylation is 2. The van der Waals surface area contributed by atoms with E-state index in [0.717, 1.165) is 33.8 Å². The van der Waals surface area contributed by atoms with E-state index in [1.54, 1.807) is 12.1 Å². The molecule has 0 saturated carbocycles. The average molecular weight is 364 g/mol. The minimum absolute atomic E-state index is 0.139. The number of rotatable bonds is 3. The van der Waals surface area contributed by atoms with Crippen molar-refractivity contribution in [1.82, 2.24) is 14.3 Å². The second kappa shape index (κ2) is 5.34. The molecule has 3 atom stereocenters. The third-order valence-electron chi connectivity index (χ3n) is 5.98. The van der Waals surface area contributed by atoms with Gasteiger partial charge in [0.1, 0.15) is 11.5 Å². The monoisotopic (exact) mass is 364 g/mol. The van der Waals surface area contributed by atoms with Gasteiger partial charge in [-0.1, -0.05) is 4.57 Å². The lowest BCUT2D eigenvalue weighted by molar-refractivity contribution is -1.09. The lowest BCUT2D eigenvalue weighted by Gasteiger charge is -2.47. The SMILES string of the molecule is Cc1cc(F)ccc1[N+]12C=C[N+](C)(C1)[C@@H]2[n+]1ccccc1-c1ccnn1C. The van der Waals surface area contributed by atoms with Gasteiger partial charge in [0.05, 0.1) is 7.05 Å². The van der Waals surface area contributed by atoms with Crippen LogP contribution in [0, 0.1) is 12.7 Å². The molecule has 27 heavy (non-hydrogen) atoms. The highest BCUT2D eigenvalue weighted by molar-refractivity contribution is 5.54. The van der Waals surface area contributed by atoms with Crippen molar-refractivity contribution in [3.63, 3.8) is 0 Å². The first-order valence-electron chi connectivity index (χ1n) is 9.13. The van der Waals surface area contributed by atoms with Crippen molar-refractivity contribution in [2.45, 2.75) is 13.2 Å². The number of hydrogen-bond donors (Lipinski definition) is 0. The van der Waals surface area contributed by atoms with Crippen LogP contribution in [0.3, 0.4) is 0 Å². The first-order chi connectivity index (χ1) is 12.9. The highest BCUT2D eigenvalue weighted by Crippen LogP contribution is 2.52. The molecule has 3 aliphatic heterocycles. The summed E-state index contributed by atoms with van der Waals surface area (Å²) in [7, 11) is 4.21. The second-order valence-corrected chi connectivity index (χ2v) is 7.83. The Morgan fingerprint density at radius 1 is 1.19 bits per heavy atom. The molecular weight excluding hydrogens is 341 g/mol. The van der Waals surface area contributed by atoms with Crippen LogP contribution < -0.4 is 9.05 Å². The van der Waals surface area contributed by atoms with E-state index >= 15 is 0 Å². The Bertz CT molecular complexity index is 1090. The van der Waals surface area contributed by atoms with Gasteiger partial charge in [-0.3, -0.25) is 4.68 Å². The van der Waals surface area contributed by atoms with Crippen LogP contribution in [0.1, 0.15) is 11.9 Å². The molecule has 0 radical (unpaired) electrons. The van der Waals surface area contributed by atoms with E-state index in [4.69, 9.17) is 0 Å². The fraction of sp³-hybridized carbons (Fsp3) is 0.238. The van der Waals surface area contributed by atoms with Crippen LogP contribution in [-0.4, -0.2) is 28.0 Å². The standard InChI is InChI=1S/C21H23FN5/c1-16-14-17(22)7-8-20(16)27-13-12-26(3,15-27)21(27)25-11-5-4-6-19(25)18-9-10-23-24(18)2/h4-14,21H,15H2,1-3H3/q+3/t21-,26?,27?/m0/s1. The minimum Gasteiger partial charge on any atom is -0.262 e. The van der Waals surface area contributed by atoms with Crippen LogP contribution in [0.5, 0.6) is 0 Å². The summed E-state index contributed by atoms with van der Waals surface area (Å²) in [6.07, 6.45) is 8.63. The van der Waals surface area contributed by atoms with Gasteiger partial charge in [-0.25, -0.2) is 4.39 Å². The third-order valence-corrected chi connectivity index (χ3v) is 5.98. The summed E-state index contributed by atoms with van der Waals surface area (Å²) in [6, 6.07) is 13.4. The summed E-state index contributed by atoms with van der Waals surface area (Å²) in [4.78, 5) is 0. The number of hydrogen-bond acceptors (Lipinski definition) is 1. The van der Waals surface area contributed by atoms with Gasteiger partial charge in [0.25, 0.3) is 0 Å². The fourth-order valence-electron chi connectivity index (χ4n) is 4.92. The van der Waals surface area contributed by atoms with Gasteiger partial charge in [0.15, 0.2) is 24.3 Å². The average Bonchev–Trinajstić information content (AvgIpc) is 3.28. The number of quaternary nitrogens is 2. The van der Waals surface area contributed by atoms with Gasteiger partial charge in [-0.2, -0.15) is 5.10 Å². The number of benzene rings is 1. The van der Waals surface area contributed by atoms with E-state index in [9.17, 15) is 4.39 Å². The van der Waals surface area contributed by atoms with Gasteiger partial charge in [-0.15, -0.1) is 8.97 Å². The molecule has 0 spiro atoms. The molecule has 5 heterocycles. The van der Waals surface area contributed by atoms with Crippen LogP contribution >= 0.6 is 0 Å². The number of pyridine rings is 1. The zero-order valence-corrected chi connectivity index (χ0v) is 15.7. The summed E-state index contributed by atoms with van der Waals surface area (Å²) in [5.41, 5.74) is 4.33. The first kappa shape index (κ1) is 16.4. The smallest absolute Gasteiger partial charge is 0.262 e. The van der Waals surface area contributed by atoms with Crippen molar-refractivity contribution in [2.75, 3.05) is 13.7 Å². The Labute approximate surface area is 158 Å². The molecule has 5 nitrogen and oxygen atoms in total. The van der Waals surface area contributed by atoms with Crippen LogP contribution in [-0.2, 0) is 7.05 Å². The molecule has 6 heteroatoms. The maximum Gasteiger partial charge on any atom is 0.435 e. The van der Waals surface area contributed by atoms with Gasteiger partial charge in [-0.05, 0) is 31.2 Å². The zero-order chi connectivity index (χ0) is 18.8. The molecule has 0 N–H and O–H groups in total. The summed E-state index contributed by atoms with van der Waals surface area (Å²) in [6.45, 7) is 2.93. The summed E-state index contributed by atoms with van der Waals surface area (Å²) >= 11 is 0. The van der Waals surface area contributed by atoms with Crippen LogP contribution in [0.25, 0.3) is 11.4 Å². The molecule has 136 valence electrons. The Kier molecular flexibility index (Phi) is 3.24. The molecule has 3 aliphatic rings. The topological polar surface area (TPSA) is 21.7 Å². The fourth-order valence-corrected chi connectivity index (χ4v) is 4.92. The predicted molar refractivity (Wildman–Crippen MR) is 101 cm³/mol. The number of halogens is 1. The lowest BCUT2D eigenvalue weighted by atomic mass is 10.1. The van der Waals surface area contributed by atoms with E-state index in [1.807, 2.05) is 37.0 Å². The van der Waals surface area contributed by atoms with Gasteiger partial charge < -0.3 is 0 Å². The maximum absolute atomic E-state index is 13.7. The van der Waals surface area contributed by atoms with Crippen molar-refractivity contribution in [1.29, 1.82) is 0 Å². The summed E-state index contributed by atoms with van der Waals surface area (Å²) in [5, 5.41) is 4.34. The Balaban J connectivity index is 1.69. The van der Waals surface area contributed by atoms with Crippen LogP contribution in [0.2, 0.25) is 0 Å². The van der Waals surface area contributed by atoms with E-state index < -0.39 is 0 Å². The van der Waals surface area contributed by atoms with Crippen molar-refractivity contribution in [3.8, 4) is 11.4 Å². The van der Waals surface area contributed by atoms with Crippen molar-refractivity contribution in [2.24, 2.45) is 7.05 Å². The molecule has 1 saturated heterocycles. The first-order valence-corrected chi connectivity index (χ1v) is 9.13. The molecular formula is C21H23FN5+3. The highest BCUT2D eigenvalue weighted by Gasteiger charge is 2.75. The predicted octanol–water partition coefficient (Wildman–Crippen LogP) is 3.19. The molecule has 1 aromatic carbocycles. The second-order valence-electron chi connectivity index (χ2n) is 7.83. The zero-order valence-electron chi connectivity index (χ0n) is 15.7. The quantitative estimate of drug-likeness (QED) is 0.517. The van der Waals surface area contributed by atoms with Crippen LogP contribution in [0.4, 0.5) is 10.1 Å². The molecule has 6 rings (SSSR count). The number of aromatic nitrogens is 3. The Hall–Kier alpha value is -2.83. The van der Waals surface area contributed by atoms with Gasteiger partial charge >= 0.3 is 6.29 Å². The summed E-state index contributed by atoms with van der Waals surface area (Å²) in [5.74, 6) is -0.185. The minimum atomic E-state index is -0.185. The molecule has 0 aliphatic carbocycles. The molecule has 1 fully saturated rings. The van der Waals surface area contributed by atoms with Crippen LogP contribution in [0.15, 0.2) is 67.3 Å². The van der Waals surface area contributed by atoms with E-state index in [2.05, 4.69) is 53.5 Å². The third kappa shape index (κ3) is 2.11. The van der Waals surface area contributed by atoms with E-state index in [-0.39, 0.29) is 12.1 Å². The molecule has 0 amide bonds. The Morgan fingerprint density at radius 3 is 2.74 bits per heavy atom. The number of nitrogens with zero attached hydrogens (tertiary/aromatic N) is 5. The maximum atomic E-state index is 13.7. The van der Waals surface area contributed by atoms with Gasteiger partial charge in [0.2, 0.25) is 12.4 Å². The van der Waals surface area contributed by atoms with E-state index in [1.165, 1.54) is 0 Å².